The third kappa shape index (κ3) is 3.98. The largest absolute Gasteiger partial charge is 0.451 e. The summed E-state index contributed by atoms with van der Waals surface area (Å²) >= 11 is 0. The molecule has 2 aromatic carbocycles. The van der Waals surface area contributed by atoms with Crippen molar-refractivity contribution in [1.82, 2.24) is 9.78 Å². The third-order valence-corrected chi connectivity index (χ3v) is 3.98. The highest BCUT2D eigenvalue weighted by atomic mass is 19.1. The summed E-state index contributed by atoms with van der Waals surface area (Å²) in [6.45, 7) is 0.718. The molecule has 0 aliphatic heterocycles. The molecule has 1 aromatic heterocycles. The van der Waals surface area contributed by atoms with E-state index in [1.54, 1.807) is 12.1 Å². The number of nitrogens with one attached hydrogen (secondary N) is 2. The molecule has 0 radical (unpaired) electrons. The Morgan fingerprint density at radius 1 is 1.11 bits per heavy atom. The van der Waals surface area contributed by atoms with Gasteiger partial charge in [-0.3, -0.25) is 24.3 Å². The zero-order chi connectivity index (χ0) is 20.3. The first-order valence-electron chi connectivity index (χ1n) is 8.33. The van der Waals surface area contributed by atoms with Crippen LogP contribution in [0.3, 0.4) is 0 Å². The second kappa shape index (κ2) is 7.87. The number of anilines is 1. The van der Waals surface area contributed by atoms with Gasteiger partial charge < -0.3 is 10.1 Å². The molecule has 9 heteroatoms. The minimum Gasteiger partial charge on any atom is -0.451 e. The van der Waals surface area contributed by atoms with Gasteiger partial charge in [-0.2, -0.15) is 0 Å². The highest BCUT2D eigenvalue weighted by Crippen LogP contribution is 2.13. The van der Waals surface area contributed by atoms with Crippen LogP contribution in [0.4, 0.5) is 10.1 Å². The number of H-pyrrole nitrogens is 1. The highest BCUT2D eigenvalue weighted by Gasteiger charge is 2.20. The molecular weight excluding hydrogens is 369 g/mol. The first-order chi connectivity index (χ1) is 13.4. The van der Waals surface area contributed by atoms with Crippen molar-refractivity contribution >= 4 is 28.3 Å². The van der Waals surface area contributed by atoms with E-state index in [0.717, 1.165) is 4.68 Å². The van der Waals surface area contributed by atoms with Gasteiger partial charge in [0.25, 0.3) is 17.0 Å². The lowest BCUT2D eigenvalue weighted by Gasteiger charge is -2.14. The lowest BCUT2D eigenvalue weighted by Crippen LogP contribution is -2.36. The average molecular weight is 385 g/mol. The Balaban J connectivity index is 1.70. The Kier molecular flexibility index (Phi) is 5.35. The van der Waals surface area contributed by atoms with E-state index in [9.17, 15) is 23.6 Å². The molecule has 0 spiro atoms. The van der Waals surface area contributed by atoms with Crippen LogP contribution in [0.1, 0.15) is 6.92 Å². The van der Waals surface area contributed by atoms with E-state index in [2.05, 4.69) is 10.4 Å². The Morgan fingerprint density at radius 3 is 2.46 bits per heavy atom. The first-order valence-corrected chi connectivity index (χ1v) is 8.33. The molecule has 2 N–H and O–H groups in total. The number of aromatic nitrogens is 2. The second-order valence-corrected chi connectivity index (χ2v) is 5.98. The summed E-state index contributed by atoms with van der Waals surface area (Å²) in [5, 5.41) is 4.96. The zero-order valence-electron chi connectivity index (χ0n) is 14.8. The molecule has 0 saturated heterocycles. The molecular formula is C19H16FN3O5. The van der Waals surface area contributed by atoms with Gasteiger partial charge in [0.1, 0.15) is 12.4 Å². The van der Waals surface area contributed by atoms with Gasteiger partial charge in [0.05, 0.1) is 16.5 Å². The van der Waals surface area contributed by atoms with Gasteiger partial charge in [-0.05, 0) is 31.2 Å². The maximum absolute atomic E-state index is 13.6. The number of esters is 1. The minimum atomic E-state index is -1.24. The van der Waals surface area contributed by atoms with Crippen molar-refractivity contribution in [3.8, 4) is 0 Å². The molecule has 3 aromatic rings. The number of amides is 1. The summed E-state index contributed by atoms with van der Waals surface area (Å²) in [6, 6.07) is 11.7. The Bertz CT molecular complexity index is 1170. The predicted octanol–water partition coefficient (Wildman–Crippen LogP) is 1.40. The van der Waals surface area contributed by atoms with Crippen LogP contribution < -0.4 is 16.4 Å². The van der Waals surface area contributed by atoms with Crippen LogP contribution >= 0.6 is 0 Å². The second-order valence-electron chi connectivity index (χ2n) is 5.98. The van der Waals surface area contributed by atoms with Gasteiger partial charge in [0.2, 0.25) is 0 Å². The smallest absolute Gasteiger partial charge is 0.328 e. The van der Waals surface area contributed by atoms with E-state index < -0.39 is 41.5 Å². The molecule has 0 aliphatic carbocycles. The van der Waals surface area contributed by atoms with E-state index in [0.29, 0.717) is 0 Å². The van der Waals surface area contributed by atoms with Gasteiger partial charge >= 0.3 is 5.97 Å². The summed E-state index contributed by atoms with van der Waals surface area (Å²) in [5.74, 6) is -2.28. The van der Waals surface area contributed by atoms with Gasteiger partial charge in [-0.25, -0.2) is 9.07 Å². The standard InChI is InChI=1S/C19H16FN3O5/c1-11(17(25)21-15-9-5-4-8-14(15)20)28-16(24)10-23-19(27)13-7-3-2-6-12(13)18(26)22-23/h2-9,11H,10H2,1H3,(H,21,25)(H,22,26). The van der Waals surface area contributed by atoms with Crippen LogP contribution in [-0.4, -0.2) is 27.8 Å². The summed E-state index contributed by atoms with van der Waals surface area (Å²) in [7, 11) is 0. The van der Waals surface area contributed by atoms with Crippen LogP contribution in [-0.2, 0) is 20.9 Å². The monoisotopic (exact) mass is 385 g/mol. The lowest BCUT2D eigenvalue weighted by atomic mass is 10.2. The molecule has 0 saturated carbocycles. The van der Waals surface area contributed by atoms with Crippen molar-refractivity contribution in [3.05, 3.63) is 75.1 Å². The van der Waals surface area contributed by atoms with Crippen molar-refractivity contribution in [2.45, 2.75) is 19.6 Å². The van der Waals surface area contributed by atoms with Gasteiger partial charge in [-0.1, -0.05) is 24.3 Å². The van der Waals surface area contributed by atoms with Crippen LogP contribution in [0.2, 0.25) is 0 Å². The summed E-state index contributed by atoms with van der Waals surface area (Å²) < 4.78 is 19.4. The fourth-order valence-electron chi connectivity index (χ4n) is 2.57. The van der Waals surface area contributed by atoms with Crippen molar-refractivity contribution in [1.29, 1.82) is 0 Å². The number of halogens is 1. The van der Waals surface area contributed by atoms with E-state index >= 15 is 0 Å². The number of hydrogen-bond acceptors (Lipinski definition) is 5. The average Bonchev–Trinajstić information content (AvgIpc) is 2.67. The Morgan fingerprint density at radius 2 is 1.75 bits per heavy atom. The van der Waals surface area contributed by atoms with Crippen molar-refractivity contribution in [3.63, 3.8) is 0 Å². The molecule has 1 unspecified atom stereocenters. The number of nitrogens with zero attached hydrogens (tertiary/aromatic N) is 1. The van der Waals surface area contributed by atoms with Crippen molar-refractivity contribution in [2.24, 2.45) is 0 Å². The summed E-state index contributed by atoms with van der Waals surface area (Å²) in [4.78, 5) is 48.6. The molecule has 144 valence electrons. The predicted molar refractivity (Wildman–Crippen MR) is 99.4 cm³/mol. The van der Waals surface area contributed by atoms with Crippen LogP contribution in [0, 0.1) is 5.82 Å². The number of aromatic amines is 1. The molecule has 0 aliphatic rings. The fourth-order valence-corrected chi connectivity index (χ4v) is 2.57. The number of rotatable bonds is 5. The molecule has 3 rings (SSSR count). The first kappa shape index (κ1) is 19.0. The van der Waals surface area contributed by atoms with Crippen molar-refractivity contribution in [2.75, 3.05) is 5.32 Å². The van der Waals surface area contributed by atoms with E-state index in [1.807, 2.05) is 0 Å². The normalized spacial score (nSPS) is 11.8. The van der Waals surface area contributed by atoms with Gasteiger partial charge in [0, 0.05) is 0 Å². The quantitative estimate of drug-likeness (QED) is 0.645. The summed E-state index contributed by atoms with van der Waals surface area (Å²) in [5.41, 5.74) is -1.16. The number of benzene rings is 2. The molecule has 1 amide bonds. The minimum absolute atomic E-state index is 0.0505. The number of fused-ring (bicyclic) bond motifs is 1. The van der Waals surface area contributed by atoms with E-state index in [-0.39, 0.29) is 16.5 Å². The molecule has 1 atom stereocenters. The van der Waals surface area contributed by atoms with Gasteiger partial charge in [-0.15, -0.1) is 0 Å². The highest BCUT2D eigenvalue weighted by molar-refractivity contribution is 5.95. The van der Waals surface area contributed by atoms with Crippen LogP contribution in [0.5, 0.6) is 0 Å². The molecule has 0 bridgehead atoms. The number of ether oxygens (including phenoxy) is 1. The maximum Gasteiger partial charge on any atom is 0.328 e. The number of hydrogen-bond donors (Lipinski definition) is 2. The lowest BCUT2D eigenvalue weighted by molar-refractivity contribution is -0.154. The maximum atomic E-state index is 13.6. The molecule has 8 nitrogen and oxygen atoms in total. The van der Waals surface area contributed by atoms with Crippen LogP contribution in [0.25, 0.3) is 10.8 Å². The van der Waals surface area contributed by atoms with E-state index in [1.165, 1.54) is 43.3 Å². The zero-order valence-corrected chi connectivity index (χ0v) is 14.8. The SMILES string of the molecule is CC(OC(=O)Cn1[nH]c(=O)c2ccccc2c1=O)C(=O)Nc1ccccc1F. The molecule has 28 heavy (non-hydrogen) atoms. The number of carbonyl (C=O) groups excluding carboxylic acids is 2. The molecule has 0 fully saturated rings. The topological polar surface area (TPSA) is 110 Å². The third-order valence-electron chi connectivity index (χ3n) is 3.98. The van der Waals surface area contributed by atoms with Crippen LogP contribution in [0.15, 0.2) is 58.1 Å². The number of para-hydroxylation sites is 1. The van der Waals surface area contributed by atoms with Gasteiger partial charge in [0.15, 0.2) is 6.10 Å². The molecule has 1 heterocycles. The fraction of sp³-hybridized carbons (Fsp3) is 0.158. The van der Waals surface area contributed by atoms with E-state index in [4.69, 9.17) is 4.74 Å². The Hall–Kier alpha value is -3.75. The number of carbonyl (C=O) groups is 2. The Labute approximate surface area is 157 Å². The van der Waals surface area contributed by atoms with Crippen molar-refractivity contribution < 1.29 is 18.7 Å². The summed E-state index contributed by atoms with van der Waals surface area (Å²) in [6.07, 6.45) is -1.24.